The van der Waals surface area contributed by atoms with Crippen molar-refractivity contribution in [3.8, 4) is 0 Å². The second kappa shape index (κ2) is 10.1. The highest BCUT2D eigenvalue weighted by Crippen LogP contribution is 2.04. The predicted molar refractivity (Wildman–Crippen MR) is 94.3 cm³/mol. The highest BCUT2D eigenvalue weighted by Gasteiger charge is 1.99. The van der Waals surface area contributed by atoms with Crippen molar-refractivity contribution in [1.82, 2.24) is 10.6 Å². The van der Waals surface area contributed by atoms with Gasteiger partial charge in [0.15, 0.2) is 5.96 Å². The molecule has 1 aromatic rings. The molecule has 108 valence electrons. The third-order valence-corrected chi connectivity index (χ3v) is 2.52. The van der Waals surface area contributed by atoms with E-state index >= 15 is 0 Å². The van der Waals surface area contributed by atoms with Gasteiger partial charge < -0.3 is 10.6 Å². The minimum atomic E-state index is 0. The van der Waals surface area contributed by atoms with Crippen LogP contribution >= 0.6 is 24.0 Å². The minimum Gasteiger partial charge on any atom is -0.357 e. The molecule has 0 aliphatic carbocycles. The summed E-state index contributed by atoms with van der Waals surface area (Å²) in [5.41, 5.74) is 2.53. The number of aryl methyl sites for hydroxylation is 1. The lowest BCUT2D eigenvalue weighted by molar-refractivity contribution is 0.615. The summed E-state index contributed by atoms with van der Waals surface area (Å²) < 4.78 is 0. The highest BCUT2D eigenvalue weighted by atomic mass is 127. The molecule has 19 heavy (non-hydrogen) atoms. The van der Waals surface area contributed by atoms with Crippen LogP contribution in [0.3, 0.4) is 0 Å². The van der Waals surface area contributed by atoms with Gasteiger partial charge in [-0.15, -0.1) is 24.0 Å². The number of nitrogens with one attached hydrogen (secondary N) is 2. The summed E-state index contributed by atoms with van der Waals surface area (Å²) >= 11 is 0. The van der Waals surface area contributed by atoms with Crippen LogP contribution in [0.5, 0.6) is 0 Å². The molecule has 0 atom stereocenters. The third-order valence-electron chi connectivity index (χ3n) is 2.52. The van der Waals surface area contributed by atoms with E-state index in [-0.39, 0.29) is 24.0 Å². The zero-order valence-electron chi connectivity index (χ0n) is 12.4. The first-order valence-corrected chi connectivity index (χ1v) is 6.69. The normalized spacial score (nSPS) is 11.1. The van der Waals surface area contributed by atoms with E-state index in [0.29, 0.717) is 5.92 Å². The summed E-state index contributed by atoms with van der Waals surface area (Å²) in [6.45, 7) is 11.1. The van der Waals surface area contributed by atoms with Gasteiger partial charge in [0.05, 0.1) is 6.54 Å². The molecule has 0 unspecified atom stereocenters. The zero-order chi connectivity index (χ0) is 13.4. The molecule has 0 aliphatic heterocycles. The second-order valence-corrected chi connectivity index (χ2v) is 4.96. The number of nitrogens with zero attached hydrogens (tertiary/aromatic N) is 1. The Kier molecular flexibility index (Phi) is 9.65. The van der Waals surface area contributed by atoms with Gasteiger partial charge in [0.1, 0.15) is 0 Å². The van der Waals surface area contributed by atoms with Crippen LogP contribution in [-0.2, 0) is 6.54 Å². The first-order chi connectivity index (χ1) is 8.61. The van der Waals surface area contributed by atoms with Crippen molar-refractivity contribution in [2.24, 2.45) is 10.9 Å². The van der Waals surface area contributed by atoms with Gasteiger partial charge in [-0.3, -0.25) is 0 Å². The van der Waals surface area contributed by atoms with Gasteiger partial charge >= 0.3 is 0 Å². The van der Waals surface area contributed by atoms with Crippen molar-refractivity contribution in [3.63, 3.8) is 0 Å². The number of halogens is 1. The van der Waals surface area contributed by atoms with E-state index in [1.807, 2.05) is 0 Å². The minimum absolute atomic E-state index is 0. The van der Waals surface area contributed by atoms with Crippen molar-refractivity contribution in [3.05, 3.63) is 35.4 Å². The number of benzene rings is 1. The Balaban J connectivity index is 0.00000324. The van der Waals surface area contributed by atoms with E-state index in [2.05, 4.69) is 67.6 Å². The largest absolute Gasteiger partial charge is 0.357 e. The van der Waals surface area contributed by atoms with E-state index < -0.39 is 0 Å². The summed E-state index contributed by atoms with van der Waals surface area (Å²) in [7, 11) is 0. The molecule has 0 amide bonds. The van der Waals surface area contributed by atoms with E-state index in [0.717, 1.165) is 25.6 Å². The highest BCUT2D eigenvalue weighted by molar-refractivity contribution is 14.0. The fourth-order valence-electron chi connectivity index (χ4n) is 1.62. The lowest BCUT2D eigenvalue weighted by Gasteiger charge is -2.13. The Morgan fingerprint density at radius 3 is 2.58 bits per heavy atom. The number of aliphatic imine (C=N–C) groups is 1. The number of guanidine groups is 1. The van der Waals surface area contributed by atoms with E-state index in [9.17, 15) is 0 Å². The van der Waals surface area contributed by atoms with Crippen LogP contribution in [0, 0.1) is 12.8 Å². The molecular weight excluding hydrogens is 349 g/mol. The topological polar surface area (TPSA) is 36.4 Å². The summed E-state index contributed by atoms with van der Waals surface area (Å²) in [5, 5.41) is 6.61. The summed E-state index contributed by atoms with van der Waals surface area (Å²) in [6.07, 6.45) is 0. The van der Waals surface area contributed by atoms with Crippen LogP contribution in [0.1, 0.15) is 31.9 Å². The average Bonchev–Trinajstić information content (AvgIpc) is 2.32. The number of rotatable bonds is 5. The SMILES string of the molecule is CCNC(=NCc1cccc(C)c1)NCC(C)C.I. The second-order valence-electron chi connectivity index (χ2n) is 4.96. The van der Waals surface area contributed by atoms with Crippen LogP contribution in [0.25, 0.3) is 0 Å². The molecule has 0 heterocycles. The van der Waals surface area contributed by atoms with E-state index in [4.69, 9.17) is 0 Å². The molecule has 1 rings (SSSR count). The van der Waals surface area contributed by atoms with Gasteiger partial charge in [0.25, 0.3) is 0 Å². The van der Waals surface area contributed by atoms with Crippen molar-refractivity contribution in [2.75, 3.05) is 13.1 Å². The molecule has 0 aromatic heterocycles. The molecule has 1 aromatic carbocycles. The van der Waals surface area contributed by atoms with Crippen molar-refractivity contribution < 1.29 is 0 Å². The van der Waals surface area contributed by atoms with Crippen LogP contribution in [0.4, 0.5) is 0 Å². The molecule has 0 saturated heterocycles. The Morgan fingerprint density at radius 1 is 1.26 bits per heavy atom. The van der Waals surface area contributed by atoms with E-state index in [1.165, 1.54) is 11.1 Å². The first-order valence-electron chi connectivity index (χ1n) is 6.69. The monoisotopic (exact) mass is 375 g/mol. The first kappa shape index (κ1) is 18.2. The molecule has 0 spiro atoms. The standard InChI is InChI=1S/C15H25N3.HI/c1-5-16-15(17-10-12(2)3)18-11-14-8-6-7-13(4)9-14;/h6-9,12H,5,10-11H2,1-4H3,(H2,16,17,18);1H. The number of hydrogen-bond acceptors (Lipinski definition) is 1. The Morgan fingerprint density at radius 2 is 2.00 bits per heavy atom. The smallest absolute Gasteiger partial charge is 0.191 e. The maximum Gasteiger partial charge on any atom is 0.191 e. The molecule has 0 radical (unpaired) electrons. The van der Waals surface area contributed by atoms with Gasteiger partial charge in [-0.1, -0.05) is 43.7 Å². The summed E-state index contributed by atoms with van der Waals surface area (Å²) in [4.78, 5) is 4.59. The Bertz CT molecular complexity index is 389. The van der Waals surface area contributed by atoms with Crippen molar-refractivity contribution >= 4 is 29.9 Å². The van der Waals surface area contributed by atoms with Gasteiger partial charge in [0, 0.05) is 13.1 Å². The molecule has 2 N–H and O–H groups in total. The fraction of sp³-hybridized carbons (Fsp3) is 0.533. The number of hydrogen-bond donors (Lipinski definition) is 2. The maximum absolute atomic E-state index is 4.59. The molecule has 0 aliphatic rings. The zero-order valence-corrected chi connectivity index (χ0v) is 14.7. The summed E-state index contributed by atoms with van der Waals surface area (Å²) in [5.74, 6) is 1.51. The van der Waals surface area contributed by atoms with Gasteiger partial charge in [-0.05, 0) is 25.3 Å². The Labute approximate surface area is 134 Å². The van der Waals surface area contributed by atoms with Crippen molar-refractivity contribution in [1.29, 1.82) is 0 Å². The van der Waals surface area contributed by atoms with Gasteiger partial charge in [0.2, 0.25) is 0 Å². The average molecular weight is 375 g/mol. The molecule has 0 bridgehead atoms. The predicted octanol–water partition coefficient (Wildman–Crippen LogP) is 3.32. The molecule has 4 heteroatoms. The lowest BCUT2D eigenvalue weighted by atomic mass is 10.1. The van der Waals surface area contributed by atoms with Gasteiger partial charge in [-0.2, -0.15) is 0 Å². The molecule has 3 nitrogen and oxygen atoms in total. The van der Waals surface area contributed by atoms with Crippen LogP contribution in [0.15, 0.2) is 29.3 Å². The molecule has 0 fully saturated rings. The van der Waals surface area contributed by atoms with Crippen LogP contribution in [-0.4, -0.2) is 19.0 Å². The third kappa shape index (κ3) is 8.08. The van der Waals surface area contributed by atoms with Gasteiger partial charge in [-0.25, -0.2) is 4.99 Å². The fourth-order valence-corrected chi connectivity index (χ4v) is 1.62. The molecular formula is C15H26IN3. The van der Waals surface area contributed by atoms with Crippen LogP contribution in [0.2, 0.25) is 0 Å². The quantitative estimate of drug-likeness (QED) is 0.471. The summed E-state index contributed by atoms with van der Waals surface area (Å²) in [6, 6.07) is 8.47. The maximum atomic E-state index is 4.59. The lowest BCUT2D eigenvalue weighted by Crippen LogP contribution is -2.39. The Hall–Kier alpha value is -0.780. The van der Waals surface area contributed by atoms with E-state index in [1.54, 1.807) is 0 Å². The van der Waals surface area contributed by atoms with Crippen LogP contribution < -0.4 is 10.6 Å². The van der Waals surface area contributed by atoms with Crippen molar-refractivity contribution in [2.45, 2.75) is 34.2 Å². The molecule has 0 saturated carbocycles.